The summed E-state index contributed by atoms with van der Waals surface area (Å²) in [4.78, 5) is 0. The average molecular weight is 273 g/mol. The summed E-state index contributed by atoms with van der Waals surface area (Å²) in [6, 6.07) is 0.662. The lowest BCUT2D eigenvalue weighted by atomic mass is 9.82. The molecule has 2 aliphatic rings. The highest BCUT2D eigenvalue weighted by Crippen LogP contribution is 2.40. The van der Waals surface area contributed by atoms with Gasteiger partial charge in [-0.25, -0.2) is 8.42 Å². The molecule has 0 aromatic rings. The molecule has 0 radical (unpaired) electrons. The first kappa shape index (κ1) is 14.3. The summed E-state index contributed by atoms with van der Waals surface area (Å²) in [6.07, 6.45) is 10.8. The van der Waals surface area contributed by atoms with Crippen molar-refractivity contribution in [2.75, 3.05) is 12.0 Å². The SMILES string of the molecule is C[C@H](CS(C)(=O)=O)N[C@@H](C1CCCCC1)C1CC1. The van der Waals surface area contributed by atoms with Crippen molar-refractivity contribution in [3.63, 3.8) is 0 Å². The quantitative estimate of drug-likeness (QED) is 0.808. The molecule has 2 fully saturated rings. The van der Waals surface area contributed by atoms with Crippen LogP contribution in [0.2, 0.25) is 0 Å². The van der Waals surface area contributed by atoms with Crippen molar-refractivity contribution in [3.8, 4) is 0 Å². The van der Waals surface area contributed by atoms with E-state index in [-0.39, 0.29) is 11.8 Å². The van der Waals surface area contributed by atoms with Crippen LogP contribution in [0.15, 0.2) is 0 Å². The van der Waals surface area contributed by atoms with Crippen LogP contribution >= 0.6 is 0 Å². The lowest BCUT2D eigenvalue weighted by Crippen LogP contribution is -2.46. The fourth-order valence-corrected chi connectivity index (χ4v) is 4.44. The molecule has 0 saturated heterocycles. The minimum atomic E-state index is -2.87. The van der Waals surface area contributed by atoms with E-state index in [1.165, 1.54) is 51.2 Å². The molecule has 18 heavy (non-hydrogen) atoms. The molecule has 0 aliphatic heterocycles. The highest BCUT2D eigenvalue weighted by atomic mass is 32.2. The predicted octanol–water partition coefficient (Wildman–Crippen LogP) is 2.37. The number of rotatable bonds is 6. The second kappa shape index (κ2) is 5.91. The summed E-state index contributed by atoms with van der Waals surface area (Å²) in [7, 11) is -2.87. The van der Waals surface area contributed by atoms with Gasteiger partial charge in [-0.15, -0.1) is 0 Å². The number of sulfone groups is 1. The Kier molecular flexibility index (Phi) is 4.70. The molecule has 2 rings (SSSR count). The third-order valence-electron chi connectivity index (χ3n) is 4.32. The van der Waals surface area contributed by atoms with E-state index in [0.717, 1.165) is 11.8 Å². The average Bonchev–Trinajstić information content (AvgIpc) is 3.08. The summed E-state index contributed by atoms with van der Waals surface area (Å²) in [5, 5.41) is 3.63. The Balaban J connectivity index is 1.89. The van der Waals surface area contributed by atoms with Crippen molar-refractivity contribution in [1.29, 1.82) is 0 Å². The van der Waals surface area contributed by atoms with E-state index in [4.69, 9.17) is 0 Å². The van der Waals surface area contributed by atoms with E-state index in [1.807, 2.05) is 6.92 Å². The van der Waals surface area contributed by atoms with Crippen molar-refractivity contribution in [3.05, 3.63) is 0 Å². The fourth-order valence-electron chi connectivity index (χ4n) is 3.44. The molecule has 106 valence electrons. The fraction of sp³-hybridized carbons (Fsp3) is 1.00. The van der Waals surface area contributed by atoms with Crippen molar-refractivity contribution in [2.24, 2.45) is 11.8 Å². The zero-order valence-corrected chi connectivity index (χ0v) is 12.5. The highest BCUT2D eigenvalue weighted by Gasteiger charge is 2.37. The summed E-state index contributed by atoms with van der Waals surface area (Å²) < 4.78 is 22.7. The van der Waals surface area contributed by atoms with Crippen LogP contribution in [0.4, 0.5) is 0 Å². The van der Waals surface area contributed by atoms with Gasteiger partial charge in [0.15, 0.2) is 0 Å². The number of nitrogens with one attached hydrogen (secondary N) is 1. The first-order valence-corrected chi connectivity index (χ1v) is 9.45. The summed E-state index contributed by atoms with van der Waals surface area (Å²) in [5.41, 5.74) is 0. The van der Waals surface area contributed by atoms with E-state index in [0.29, 0.717) is 6.04 Å². The molecule has 0 aromatic carbocycles. The van der Waals surface area contributed by atoms with E-state index >= 15 is 0 Å². The maximum Gasteiger partial charge on any atom is 0.148 e. The Morgan fingerprint density at radius 1 is 1.06 bits per heavy atom. The van der Waals surface area contributed by atoms with Crippen LogP contribution < -0.4 is 5.32 Å². The van der Waals surface area contributed by atoms with Gasteiger partial charge in [0.1, 0.15) is 9.84 Å². The first-order valence-electron chi connectivity index (χ1n) is 7.39. The predicted molar refractivity (Wildman–Crippen MR) is 75.4 cm³/mol. The van der Waals surface area contributed by atoms with Gasteiger partial charge < -0.3 is 5.32 Å². The molecule has 0 spiro atoms. The van der Waals surface area contributed by atoms with Gasteiger partial charge in [-0.2, -0.15) is 0 Å². The zero-order chi connectivity index (χ0) is 13.2. The van der Waals surface area contributed by atoms with Crippen LogP contribution in [-0.2, 0) is 9.84 Å². The summed E-state index contributed by atoms with van der Waals surface area (Å²) in [6.45, 7) is 2.01. The minimum Gasteiger partial charge on any atom is -0.310 e. The maximum absolute atomic E-state index is 11.3. The molecule has 0 unspecified atom stereocenters. The zero-order valence-electron chi connectivity index (χ0n) is 11.7. The highest BCUT2D eigenvalue weighted by molar-refractivity contribution is 7.90. The van der Waals surface area contributed by atoms with Crippen molar-refractivity contribution < 1.29 is 8.42 Å². The molecule has 4 heteroatoms. The molecule has 0 bridgehead atoms. The molecule has 2 atom stereocenters. The van der Waals surface area contributed by atoms with Gasteiger partial charge in [-0.3, -0.25) is 0 Å². The maximum atomic E-state index is 11.3. The van der Waals surface area contributed by atoms with Gasteiger partial charge in [-0.1, -0.05) is 19.3 Å². The van der Waals surface area contributed by atoms with Gasteiger partial charge in [0.25, 0.3) is 0 Å². The standard InChI is InChI=1S/C14H27NO2S/c1-11(10-18(2,16)17)15-14(13-8-9-13)12-6-4-3-5-7-12/h11-15H,3-10H2,1-2H3/t11-,14+/m1/s1. The van der Waals surface area contributed by atoms with Crippen LogP contribution in [0.5, 0.6) is 0 Å². The van der Waals surface area contributed by atoms with E-state index in [2.05, 4.69) is 5.32 Å². The van der Waals surface area contributed by atoms with Gasteiger partial charge in [0, 0.05) is 18.3 Å². The molecule has 3 nitrogen and oxygen atoms in total. The number of hydrogen-bond acceptors (Lipinski definition) is 3. The molecule has 0 aromatic heterocycles. The Hall–Kier alpha value is -0.0900. The van der Waals surface area contributed by atoms with E-state index in [1.54, 1.807) is 0 Å². The Morgan fingerprint density at radius 3 is 2.11 bits per heavy atom. The first-order chi connectivity index (χ1) is 8.46. The Labute approximate surface area is 112 Å². The van der Waals surface area contributed by atoms with Crippen molar-refractivity contribution in [2.45, 2.75) is 64.0 Å². The normalized spacial score (nSPS) is 25.9. The van der Waals surface area contributed by atoms with Crippen LogP contribution in [0.25, 0.3) is 0 Å². The van der Waals surface area contributed by atoms with Gasteiger partial charge in [0.2, 0.25) is 0 Å². The molecular weight excluding hydrogens is 246 g/mol. The molecule has 0 amide bonds. The monoisotopic (exact) mass is 273 g/mol. The lowest BCUT2D eigenvalue weighted by Gasteiger charge is -2.33. The second-order valence-corrected chi connectivity index (χ2v) is 8.61. The van der Waals surface area contributed by atoms with Crippen LogP contribution in [0, 0.1) is 11.8 Å². The van der Waals surface area contributed by atoms with Crippen LogP contribution in [0.1, 0.15) is 51.9 Å². The molecule has 1 N–H and O–H groups in total. The van der Waals surface area contributed by atoms with Crippen molar-refractivity contribution >= 4 is 9.84 Å². The largest absolute Gasteiger partial charge is 0.310 e. The van der Waals surface area contributed by atoms with Gasteiger partial charge in [-0.05, 0) is 44.4 Å². The molecular formula is C14H27NO2S. The Bertz CT molecular complexity index is 356. The van der Waals surface area contributed by atoms with E-state index < -0.39 is 9.84 Å². The van der Waals surface area contributed by atoms with Gasteiger partial charge in [0.05, 0.1) is 5.75 Å². The third-order valence-corrected chi connectivity index (χ3v) is 5.42. The van der Waals surface area contributed by atoms with Crippen LogP contribution in [-0.4, -0.2) is 32.5 Å². The van der Waals surface area contributed by atoms with E-state index in [9.17, 15) is 8.42 Å². The third kappa shape index (κ3) is 4.54. The van der Waals surface area contributed by atoms with Crippen LogP contribution in [0.3, 0.4) is 0 Å². The van der Waals surface area contributed by atoms with Crippen molar-refractivity contribution in [1.82, 2.24) is 5.32 Å². The minimum absolute atomic E-state index is 0.0903. The number of hydrogen-bond donors (Lipinski definition) is 1. The topological polar surface area (TPSA) is 46.2 Å². The smallest absolute Gasteiger partial charge is 0.148 e. The molecule has 2 saturated carbocycles. The Morgan fingerprint density at radius 2 is 1.61 bits per heavy atom. The summed E-state index contributed by atoms with van der Waals surface area (Å²) in [5.74, 6) is 1.87. The second-order valence-electron chi connectivity index (χ2n) is 6.42. The van der Waals surface area contributed by atoms with Gasteiger partial charge >= 0.3 is 0 Å². The summed E-state index contributed by atoms with van der Waals surface area (Å²) >= 11 is 0. The molecule has 2 aliphatic carbocycles. The molecule has 0 heterocycles. The lowest BCUT2D eigenvalue weighted by molar-refractivity contribution is 0.237.